The smallest absolute Gasteiger partial charge is 0.395 e. The highest BCUT2D eigenvalue weighted by Crippen LogP contribution is 2.36. The van der Waals surface area contributed by atoms with E-state index in [1.54, 1.807) is 6.08 Å². The zero-order valence-electron chi connectivity index (χ0n) is 13.5. The predicted molar refractivity (Wildman–Crippen MR) is 85.4 cm³/mol. The van der Waals surface area contributed by atoms with Crippen molar-refractivity contribution in [1.82, 2.24) is 5.32 Å². The summed E-state index contributed by atoms with van der Waals surface area (Å²) in [5.41, 5.74) is 0.812. The molecule has 0 fully saturated rings. The molecule has 0 aromatic carbocycles. The van der Waals surface area contributed by atoms with Gasteiger partial charge in [-0.1, -0.05) is 18.7 Å². The van der Waals surface area contributed by atoms with Crippen LogP contribution >= 0.6 is 0 Å². The van der Waals surface area contributed by atoms with E-state index in [-0.39, 0.29) is 17.8 Å². The Morgan fingerprint density at radius 1 is 1.36 bits per heavy atom. The molecule has 0 aliphatic heterocycles. The van der Waals surface area contributed by atoms with Gasteiger partial charge in [0.05, 0.1) is 5.92 Å². The average molecular weight is 359 g/mol. The summed E-state index contributed by atoms with van der Waals surface area (Å²) >= 11 is 0. The van der Waals surface area contributed by atoms with Gasteiger partial charge in [-0.25, -0.2) is 0 Å². The molecule has 0 bridgehead atoms. The maximum atomic E-state index is 12.9. The van der Waals surface area contributed by atoms with Crippen LogP contribution in [-0.2, 0) is 4.74 Å². The number of allylic oxidation sites excluding steroid dienone is 5. The minimum atomic E-state index is -4.46. The van der Waals surface area contributed by atoms with Crippen molar-refractivity contribution in [2.45, 2.75) is 31.3 Å². The van der Waals surface area contributed by atoms with E-state index in [0.717, 1.165) is 12.2 Å². The van der Waals surface area contributed by atoms with Gasteiger partial charge in [0.25, 0.3) is 0 Å². The Morgan fingerprint density at radius 3 is 2.60 bits per heavy atom. The molecule has 3 atom stereocenters. The van der Waals surface area contributed by atoms with E-state index in [2.05, 4.69) is 11.9 Å². The third-order valence-corrected chi connectivity index (χ3v) is 4.18. The standard InChI is InChI=1S/C17H20F3NO4/c1-9(22)10-3-5-13(15(7-10)25-2)21-16(24)12-8-11(17(18,19)20)4-6-14(12)23/h3-6,11,15-16,21-24H,1,7-8H2,2H3. The van der Waals surface area contributed by atoms with E-state index in [9.17, 15) is 28.5 Å². The fraction of sp³-hybridized carbons (Fsp3) is 0.412. The Labute approximate surface area is 143 Å². The molecule has 3 unspecified atom stereocenters. The number of halogens is 3. The van der Waals surface area contributed by atoms with Gasteiger partial charge in [-0.05, 0) is 24.1 Å². The molecule has 0 heterocycles. The van der Waals surface area contributed by atoms with Crippen molar-refractivity contribution in [1.29, 1.82) is 0 Å². The minimum Gasteiger partial charge on any atom is -0.508 e. The lowest BCUT2D eigenvalue weighted by atomic mass is 9.91. The van der Waals surface area contributed by atoms with Crippen LogP contribution in [0.5, 0.6) is 0 Å². The van der Waals surface area contributed by atoms with Crippen LogP contribution in [0.25, 0.3) is 0 Å². The van der Waals surface area contributed by atoms with E-state index < -0.39 is 36.6 Å². The average Bonchev–Trinajstić information content (AvgIpc) is 2.54. The van der Waals surface area contributed by atoms with E-state index in [0.29, 0.717) is 11.3 Å². The van der Waals surface area contributed by atoms with Crippen molar-refractivity contribution >= 4 is 0 Å². The Bertz CT molecular complexity index is 661. The van der Waals surface area contributed by atoms with Gasteiger partial charge in [0.15, 0.2) is 0 Å². The number of rotatable bonds is 5. The van der Waals surface area contributed by atoms with Crippen molar-refractivity contribution in [2.75, 3.05) is 7.11 Å². The summed E-state index contributed by atoms with van der Waals surface area (Å²) in [6, 6.07) is 0. The number of alkyl halides is 3. The third kappa shape index (κ3) is 4.46. The Hall–Kier alpha value is -2.19. The second kappa shape index (κ2) is 7.37. The summed E-state index contributed by atoms with van der Waals surface area (Å²) in [6.07, 6.45) is -1.85. The molecule has 0 aromatic rings. The van der Waals surface area contributed by atoms with Gasteiger partial charge in [-0.2, -0.15) is 13.2 Å². The monoisotopic (exact) mass is 359 g/mol. The van der Waals surface area contributed by atoms with Crippen LogP contribution in [0.3, 0.4) is 0 Å². The first-order valence-corrected chi connectivity index (χ1v) is 7.56. The summed E-state index contributed by atoms with van der Waals surface area (Å²) in [7, 11) is 1.43. The molecule has 2 rings (SSSR count). The van der Waals surface area contributed by atoms with E-state index in [1.165, 1.54) is 13.2 Å². The van der Waals surface area contributed by atoms with Crippen LogP contribution in [0, 0.1) is 5.92 Å². The molecule has 138 valence electrons. The highest BCUT2D eigenvalue weighted by molar-refractivity contribution is 5.36. The zero-order valence-corrected chi connectivity index (χ0v) is 13.5. The lowest BCUT2D eigenvalue weighted by Crippen LogP contribution is -2.38. The second-order valence-corrected chi connectivity index (χ2v) is 5.86. The van der Waals surface area contributed by atoms with Crippen LogP contribution in [0.1, 0.15) is 12.8 Å². The molecule has 0 saturated heterocycles. The first-order valence-electron chi connectivity index (χ1n) is 7.56. The zero-order chi connectivity index (χ0) is 18.8. The number of aliphatic hydroxyl groups is 3. The molecule has 0 saturated carbocycles. The molecule has 0 spiro atoms. The van der Waals surface area contributed by atoms with Crippen LogP contribution in [-0.4, -0.2) is 40.9 Å². The molecule has 2 aliphatic rings. The van der Waals surface area contributed by atoms with Crippen LogP contribution in [0.2, 0.25) is 0 Å². The normalized spacial score (nSPS) is 25.3. The summed E-state index contributed by atoms with van der Waals surface area (Å²) in [6.45, 7) is 3.43. The summed E-state index contributed by atoms with van der Waals surface area (Å²) in [4.78, 5) is 0. The van der Waals surface area contributed by atoms with Crippen LogP contribution in [0.15, 0.2) is 59.2 Å². The van der Waals surface area contributed by atoms with Gasteiger partial charge in [-0.15, -0.1) is 0 Å². The van der Waals surface area contributed by atoms with E-state index >= 15 is 0 Å². The first kappa shape index (κ1) is 19.1. The fourth-order valence-electron chi connectivity index (χ4n) is 2.69. The van der Waals surface area contributed by atoms with Gasteiger partial charge >= 0.3 is 6.18 Å². The summed E-state index contributed by atoms with van der Waals surface area (Å²) < 4.78 is 43.9. The Balaban J connectivity index is 2.16. The molecule has 2 aliphatic carbocycles. The fourth-order valence-corrected chi connectivity index (χ4v) is 2.69. The largest absolute Gasteiger partial charge is 0.508 e. The maximum absolute atomic E-state index is 12.9. The number of aliphatic hydroxyl groups excluding tert-OH is 3. The molecule has 8 heteroatoms. The number of nitrogens with one attached hydrogen (secondary N) is 1. The van der Waals surface area contributed by atoms with Crippen LogP contribution in [0.4, 0.5) is 13.2 Å². The van der Waals surface area contributed by atoms with Gasteiger partial charge < -0.3 is 25.4 Å². The molecule has 0 aromatic heterocycles. The molecule has 0 amide bonds. The van der Waals surface area contributed by atoms with E-state index in [1.807, 2.05) is 0 Å². The highest BCUT2D eigenvalue weighted by Gasteiger charge is 2.41. The summed E-state index contributed by atoms with van der Waals surface area (Å²) in [5.74, 6) is -2.27. The summed E-state index contributed by atoms with van der Waals surface area (Å²) in [5, 5.41) is 32.2. The SMILES string of the molecule is C=C(O)C1=CC=C(NC(O)C2=C(O)C=CC(C(F)(F)F)C2)C(OC)C1. The van der Waals surface area contributed by atoms with Crippen molar-refractivity contribution < 1.29 is 33.2 Å². The number of ether oxygens (including phenoxy) is 1. The maximum Gasteiger partial charge on any atom is 0.395 e. The molecular weight excluding hydrogens is 339 g/mol. The number of hydrogen-bond donors (Lipinski definition) is 4. The van der Waals surface area contributed by atoms with Gasteiger partial charge in [0.1, 0.15) is 23.9 Å². The highest BCUT2D eigenvalue weighted by atomic mass is 19.4. The number of methoxy groups -OCH3 is 1. The lowest BCUT2D eigenvalue weighted by molar-refractivity contribution is -0.161. The van der Waals surface area contributed by atoms with Crippen molar-refractivity contribution in [3.8, 4) is 0 Å². The quantitative estimate of drug-likeness (QED) is 0.448. The van der Waals surface area contributed by atoms with Crippen LogP contribution < -0.4 is 5.32 Å². The van der Waals surface area contributed by atoms with Crippen molar-refractivity contribution in [3.63, 3.8) is 0 Å². The number of hydrogen-bond acceptors (Lipinski definition) is 5. The Morgan fingerprint density at radius 2 is 2.04 bits per heavy atom. The van der Waals surface area contributed by atoms with Gasteiger partial charge in [0, 0.05) is 24.8 Å². The lowest BCUT2D eigenvalue weighted by Gasteiger charge is -2.30. The minimum absolute atomic E-state index is 0.108. The van der Waals surface area contributed by atoms with Gasteiger partial charge in [0.2, 0.25) is 0 Å². The van der Waals surface area contributed by atoms with Crippen molar-refractivity contribution in [3.05, 3.63) is 59.2 Å². The Kier molecular flexibility index (Phi) is 5.64. The molecule has 25 heavy (non-hydrogen) atoms. The molecule has 5 nitrogen and oxygen atoms in total. The van der Waals surface area contributed by atoms with Crippen molar-refractivity contribution in [2.24, 2.45) is 5.92 Å². The van der Waals surface area contributed by atoms with Gasteiger partial charge in [-0.3, -0.25) is 0 Å². The molecule has 0 radical (unpaired) electrons. The molecule has 4 N–H and O–H groups in total. The molecular formula is C17H20F3NO4. The third-order valence-electron chi connectivity index (χ3n) is 4.18. The predicted octanol–water partition coefficient (Wildman–Crippen LogP) is 3.15. The second-order valence-electron chi connectivity index (χ2n) is 5.86. The topological polar surface area (TPSA) is 82.0 Å². The van der Waals surface area contributed by atoms with E-state index in [4.69, 9.17) is 4.74 Å². The first-order chi connectivity index (χ1) is 11.6.